The molecule has 0 radical (unpaired) electrons. The number of nitrogens with two attached hydrogens (primary N) is 3. The van der Waals surface area contributed by atoms with Gasteiger partial charge in [-0.25, -0.2) is 0 Å². The summed E-state index contributed by atoms with van der Waals surface area (Å²) in [5, 5.41) is 3.18. The van der Waals surface area contributed by atoms with E-state index in [-0.39, 0.29) is 23.2 Å². The van der Waals surface area contributed by atoms with Crippen LogP contribution in [0, 0.1) is 0 Å². The minimum absolute atomic E-state index is 0.159. The lowest BCUT2D eigenvalue weighted by atomic mass is 10.1. The normalized spacial score (nSPS) is 16.2. The summed E-state index contributed by atoms with van der Waals surface area (Å²) in [6.07, 6.45) is 1.68. The number of hydrogen-bond donors (Lipinski definition) is 4. The molecule has 0 aromatic carbocycles. The molecule has 0 bridgehead atoms. The molecule has 1 aromatic rings. The van der Waals surface area contributed by atoms with E-state index in [0.717, 1.165) is 25.9 Å². The average molecular weight is 297 g/mol. The number of carbonyl (C=O) groups is 2. The molecular weight excluding hydrogens is 278 g/mol. The number of nitrogen functional groups attached to an aromatic ring is 1. The fraction of sp³-hybridized carbons (Fsp3) is 0.500. The van der Waals surface area contributed by atoms with Crippen LogP contribution in [0.5, 0.6) is 0 Å². The topological polar surface area (TPSA) is 127 Å². The predicted octanol–water partition coefficient (Wildman–Crippen LogP) is -0.284. The predicted molar refractivity (Wildman–Crippen MR) is 80.1 cm³/mol. The van der Waals surface area contributed by atoms with Crippen LogP contribution < -0.4 is 27.4 Å². The third kappa shape index (κ3) is 2.56. The number of primary amides is 1. The number of amides is 2. The summed E-state index contributed by atoms with van der Waals surface area (Å²) in [5.41, 5.74) is 17.6. The zero-order valence-corrected chi connectivity index (χ0v) is 12.1. The van der Waals surface area contributed by atoms with Crippen LogP contribution in [0.1, 0.15) is 32.9 Å². The van der Waals surface area contributed by atoms with Crippen molar-refractivity contribution in [3.05, 3.63) is 10.4 Å². The quantitative estimate of drug-likeness (QED) is 0.610. The van der Waals surface area contributed by atoms with Crippen molar-refractivity contribution in [1.29, 1.82) is 0 Å². The second-order valence-corrected chi connectivity index (χ2v) is 5.79. The number of nitrogens with one attached hydrogen (secondary N) is 1. The zero-order chi connectivity index (χ0) is 14.9. The van der Waals surface area contributed by atoms with E-state index in [1.54, 1.807) is 0 Å². The van der Waals surface area contributed by atoms with Crippen LogP contribution in [0.25, 0.3) is 0 Å². The number of nitrogens with zero attached hydrogens (tertiary/aromatic N) is 1. The lowest BCUT2D eigenvalue weighted by Gasteiger charge is -2.31. The van der Waals surface area contributed by atoms with Crippen molar-refractivity contribution in [3.63, 3.8) is 0 Å². The molecule has 0 atom stereocenters. The van der Waals surface area contributed by atoms with Crippen LogP contribution in [0.3, 0.4) is 0 Å². The van der Waals surface area contributed by atoms with Crippen LogP contribution in [-0.2, 0) is 0 Å². The first-order chi connectivity index (χ1) is 9.45. The summed E-state index contributed by atoms with van der Waals surface area (Å²) in [6.45, 7) is 1.46. The standard InChI is InChI=1S/C12H19N5O2S/c1-16-11(19)9-8(14)7(10(15)18)12(20-9)17-4-2-6(13)3-5-17/h6H,2-5,13-14H2,1H3,(H2,15,18)(H,16,19). The van der Waals surface area contributed by atoms with Crippen LogP contribution in [0.2, 0.25) is 0 Å². The molecule has 7 N–H and O–H groups in total. The Labute approximate surface area is 121 Å². The highest BCUT2D eigenvalue weighted by atomic mass is 32.1. The minimum atomic E-state index is -0.612. The van der Waals surface area contributed by atoms with E-state index in [1.165, 1.54) is 18.4 Å². The Morgan fingerprint density at radius 2 is 1.95 bits per heavy atom. The van der Waals surface area contributed by atoms with Gasteiger partial charge < -0.3 is 27.4 Å². The fourth-order valence-electron chi connectivity index (χ4n) is 2.28. The molecule has 0 spiro atoms. The van der Waals surface area contributed by atoms with Crippen molar-refractivity contribution in [2.45, 2.75) is 18.9 Å². The Balaban J connectivity index is 2.41. The highest BCUT2D eigenvalue weighted by Gasteiger charge is 2.28. The van der Waals surface area contributed by atoms with Crippen molar-refractivity contribution >= 4 is 33.8 Å². The summed E-state index contributed by atoms with van der Waals surface area (Å²) in [5.74, 6) is -0.922. The van der Waals surface area contributed by atoms with Gasteiger partial charge in [0, 0.05) is 26.2 Å². The van der Waals surface area contributed by atoms with Gasteiger partial charge in [0.25, 0.3) is 11.8 Å². The first-order valence-electron chi connectivity index (χ1n) is 6.40. The number of carbonyl (C=O) groups excluding carboxylic acids is 2. The fourth-order valence-corrected chi connectivity index (χ4v) is 3.50. The molecule has 1 aliphatic rings. The molecule has 1 aromatic heterocycles. The summed E-state index contributed by atoms with van der Waals surface area (Å²) < 4.78 is 0. The highest BCUT2D eigenvalue weighted by Crippen LogP contribution is 2.39. The van der Waals surface area contributed by atoms with Gasteiger partial charge in [-0.05, 0) is 12.8 Å². The van der Waals surface area contributed by atoms with Gasteiger partial charge in [-0.2, -0.15) is 0 Å². The molecule has 2 rings (SSSR count). The van der Waals surface area contributed by atoms with E-state index in [0.29, 0.717) is 9.88 Å². The number of rotatable bonds is 3. The summed E-state index contributed by atoms with van der Waals surface area (Å²) >= 11 is 1.20. The Hall–Kier alpha value is -1.80. The highest BCUT2D eigenvalue weighted by molar-refractivity contribution is 7.19. The van der Waals surface area contributed by atoms with E-state index in [1.807, 2.05) is 4.90 Å². The first-order valence-corrected chi connectivity index (χ1v) is 7.22. The van der Waals surface area contributed by atoms with Gasteiger partial charge in [0.15, 0.2) is 0 Å². The minimum Gasteiger partial charge on any atom is -0.397 e. The molecule has 1 fully saturated rings. The molecule has 1 saturated heterocycles. The Morgan fingerprint density at radius 1 is 1.35 bits per heavy atom. The molecule has 20 heavy (non-hydrogen) atoms. The van der Waals surface area contributed by atoms with Gasteiger partial charge in [0.1, 0.15) is 9.88 Å². The van der Waals surface area contributed by atoms with E-state index >= 15 is 0 Å². The van der Waals surface area contributed by atoms with E-state index < -0.39 is 5.91 Å². The SMILES string of the molecule is CNC(=O)c1sc(N2CCC(N)CC2)c(C(N)=O)c1N. The summed E-state index contributed by atoms with van der Waals surface area (Å²) in [4.78, 5) is 25.8. The second kappa shape index (κ2) is 5.68. The maximum atomic E-state index is 11.8. The van der Waals surface area contributed by atoms with Crippen molar-refractivity contribution < 1.29 is 9.59 Å². The summed E-state index contributed by atoms with van der Waals surface area (Å²) in [6, 6.07) is 0.180. The smallest absolute Gasteiger partial charge is 0.263 e. The van der Waals surface area contributed by atoms with Crippen molar-refractivity contribution in [2.75, 3.05) is 30.8 Å². The van der Waals surface area contributed by atoms with E-state index in [9.17, 15) is 9.59 Å². The molecule has 2 heterocycles. The molecule has 0 aliphatic carbocycles. The first kappa shape index (κ1) is 14.6. The lowest BCUT2D eigenvalue weighted by Crippen LogP contribution is -2.40. The number of hydrogen-bond acceptors (Lipinski definition) is 6. The second-order valence-electron chi connectivity index (χ2n) is 4.79. The van der Waals surface area contributed by atoms with Gasteiger partial charge in [0.2, 0.25) is 0 Å². The van der Waals surface area contributed by atoms with Crippen LogP contribution in [0.15, 0.2) is 0 Å². The molecule has 8 heteroatoms. The lowest BCUT2D eigenvalue weighted by molar-refractivity contribution is 0.0967. The molecule has 110 valence electrons. The third-order valence-electron chi connectivity index (χ3n) is 3.43. The van der Waals surface area contributed by atoms with Crippen molar-refractivity contribution in [3.8, 4) is 0 Å². The monoisotopic (exact) mass is 297 g/mol. The third-order valence-corrected chi connectivity index (χ3v) is 4.70. The van der Waals surface area contributed by atoms with Gasteiger partial charge in [-0.1, -0.05) is 0 Å². The average Bonchev–Trinajstić information content (AvgIpc) is 2.76. The Morgan fingerprint density at radius 3 is 2.45 bits per heavy atom. The van der Waals surface area contributed by atoms with E-state index in [2.05, 4.69) is 5.32 Å². The van der Waals surface area contributed by atoms with Gasteiger partial charge in [0.05, 0.1) is 11.3 Å². The van der Waals surface area contributed by atoms with Crippen molar-refractivity contribution in [2.24, 2.45) is 11.5 Å². The van der Waals surface area contributed by atoms with Crippen LogP contribution >= 0.6 is 11.3 Å². The molecule has 0 saturated carbocycles. The summed E-state index contributed by atoms with van der Waals surface area (Å²) in [7, 11) is 1.52. The van der Waals surface area contributed by atoms with Gasteiger partial charge in [-0.3, -0.25) is 9.59 Å². The molecular formula is C12H19N5O2S. The molecule has 1 aliphatic heterocycles. The van der Waals surface area contributed by atoms with Crippen LogP contribution in [0.4, 0.5) is 10.7 Å². The number of anilines is 2. The number of thiophene rings is 1. The van der Waals surface area contributed by atoms with Crippen LogP contribution in [-0.4, -0.2) is 38.0 Å². The van der Waals surface area contributed by atoms with Crippen molar-refractivity contribution in [1.82, 2.24) is 5.32 Å². The Bertz CT molecular complexity index is 534. The maximum Gasteiger partial charge on any atom is 0.263 e. The Kier molecular flexibility index (Phi) is 4.15. The molecule has 7 nitrogen and oxygen atoms in total. The maximum absolute atomic E-state index is 11.8. The van der Waals surface area contributed by atoms with Gasteiger partial charge >= 0.3 is 0 Å². The molecule has 2 amide bonds. The largest absolute Gasteiger partial charge is 0.397 e. The zero-order valence-electron chi connectivity index (χ0n) is 11.3. The van der Waals surface area contributed by atoms with E-state index in [4.69, 9.17) is 17.2 Å². The number of piperidine rings is 1. The van der Waals surface area contributed by atoms with Gasteiger partial charge in [-0.15, -0.1) is 11.3 Å². The molecule has 0 unspecified atom stereocenters.